The van der Waals surface area contributed by atoms with Gasteiger partial charge in [-0.2, -0.15) is 0 Å². The van der Waals surface area contributed by atoms with Crippen molar-refractivity contribution in [3.63, 3.8) is 0 Å². The highest BCUT2D eigenvalue weighted by Crippen LogP contribution is 2.49. The topological polar surface area (TPSA) is 54.0 Å². The number of hydrogen-bond donors (Lipinski definition) is 0. The Kier molecular flexibility index (Phi) is 8.50. The summed E-state index contributed by atoms with van der Waals surface area (Å²) in [7, 11) is 1.75. The van der Waals surface area contributed by atoms with Crippen LogP contribution in [0, 0.1) is 17.8 Å². The lowest BCUT2D eigenvalue weighted by atomic mass is 9.73. The van der Waals surface area contributed by atoms with Gasteiger partial charge >= 0.3 is 5.97 Å². The minimum absolute atomic E-state index is 0.0634. The molecule has 1 unspecified atom stereocenters. The number of ether oxygens (including phenoxy) is 4. The zero-order valence-electron chi connectivity index (χ0n) is 23.4. The minimum Gasteiger partial charge on any atom is -0.496 e. The third kappa shape index (κ3) is 5.96. The van der Waals surface area contributed by atoms with Gasteiger partial charge in [0.1, 0.15) is 11.9 Å². The number of carbonyl (C=O) groups excluding carboxylic acids is 1. The molecule has 1 aliphatic heterocycles. The van der Waals surface area contributed by atoms with Crippen molar-refractivity contribution in [1.29, 1.82) is 0 Å². The van der Waals surface area contributed by atoms with Crippen molar-refractivity contribution in [3.05, 3.63) is 89.5 Å². The van der Waals surface area contributed by atoms with Crippen LogP contribution in [0.1, 0.15) is 60.0 Å². The molecule has 0 N–H and O–H groups in total. The first kappa shape index (κ1) is 27.0. The molecule has 3 aromatic carbocycles. The molecule has 2 fully saturated rings. The number of esters is 1. The average Bonchev–Trinajstić information content (AvgIpc) is 3.34. The van der Waals surface area contributed by atoms with E-state index >= 15 is 0 Å². The monoisotopic (exact) mass is 540 g/mol. The maximum Gasteiger partial charge on any atom is 0.338 e. The van der Waals surface area contributed by atoms with Crippen LogP contribution in [0.4, 0.5) is 0 Å². The molecule has 1 heterocycles. The molecule has 1 saturated heterocycles. The second-order valence-electron chi connectivity index (χ2n) is 11.5. The predicted molar refractivity (Wildman–Crippen MR) is 155 cm³/mol. The Bertz CT molecular complexity index is 1260. The van der Waals surface area contributed by atoms with Crippen LogP contribution in [-0.4, -0.2) is 38.7 Å². The van der Waals surface area contributed by atoms with Crippen LogP contribution in [0.15, 0.2) is 72.8 Å². The largest absolute Gasteiger partial charge is 0.496 e. The lowest BCUT2D eigenvalue weighted by molar-refractivity contribution is -0.163. The molecule has 0 aromatic heterocycles. The first-order chi connectivity index (χ1) is 19.7. The van der Waals surface area contributed by atoms with Crippen LogP contribution in [0.3, 0.4) is 0 Å². The number of hydrogen-bond acceptors (Lipinski definition) is 5. The van der Waals surface area contributed by atoms with Gasteiger partial charge in [-0.3, -0.25) is 0 Å². The van der Waals surface area contributed by atoms with Crippen molar-refractivity contribution in [2.24, 2.45) is 17.8 Å². The minimum atomic E-state index is -0.227. The van der Waals surface area contributed by atoms with Gasteiger partial charge in [-0.25, -0.2) is 4.79 Å². The van der Waals surface area contributed by atoms with Crippen molar-refractivity contribution < 1.29 is 23.7 Å². The predicted octanol–water partition coefficient (Wildman–Crippen LogP) is 7.26. The second-order valence-corrected chi connectivity index (χ2v) is 11.5. The molecule has 0 radical (unpaired) electrons. The molecule has 2 aliphatic carbocycles. The molecule has 210 valence electrons. The van der Waals surface area contributed by atoms with Gasteiger partial charge < -0.3 is 18.9 Å². The van der Waals surface area contributed by atoms with E-state index in [0.717, 1.165) is 68.4 Å². The molecule has 3 aromatic rings. The van der Waals surface area contributed by atoms with Crippen molar-refractivity contribution in [2.45, 2.75) is 63.8 Å². The Labute approximate surface area is 237 Å². The highest BCUT2D eigenvalue weighted by Gasteiger charge is 2.47. The van der Waals surface area contributed by atoms with E-state index in [1.807, 2.05) is 42.5 Å². The fraction of sp³-hybridized carbons (Fsp3) is 0.457. The van der Waals surface area contributed by atoms with Crippen LogP contribution in [0.5, 0.6) is 5.75 Å². The van der Waals surface area contributed by atoms with Crippen LogP contribution in [0.2, 0.25) is 0 Å². The number of fused-ring (bicyclic) bond motifs is 2. The maximum absolute atomic E-state index is 13.4. The first-order valence-corrected chi connectivity index (χ1v) is 14.9. The lowest BCUT2D eigenvalue weighted by Gasteiger charge is -2.32. The van der Waals surface area contributed by atoms with E-state index in [0.29, 0.717) is 29.9 Å². The highest BCUT2D eigenvalue weighted by atomic mass is 16.7. The summed E-state index contributed by atoms with van der Waals surface area (Å²) in [5, 5.41) is 0. The summed E-state index contributed by atoms with van der Waals surface area (Å²) < 4.78 is 23.8. The fourth-order valence-electron chi connectivity index (χ4n) is 7.11. The zero-order valence-corrected chi connectivity index (χ0v) is 23.4. The molecule has 3 aliphatic rings. The highest BCUT2D eigenvalue weighted by molar-refractivity contribution is 5.90. The summed E-state index contributed by atoms with van der Waals surface area (Å²) in [5.74, 6) is 2.04. The van der Waals surface area contributed by atoms with Crippen LogP contribution in [0.25, 0.3) is 11.1 Å². The normalized spacial score (nSPS) is 25.6. The molecular formula is C35H40O5. The lowest BCUT2D eigenvalue weighted by Crippen LogP contribution is -2.29. The van der Waals surface area contributed by atoms with Gasteiger partial charge in [0.15, 0.2) is 6.29 Å². The van der Waals surface area contributed by atoms with E-state index in [-0.39, 0.29) is 18.4 Å². The number of methoxy groups -OCH3 is 1. The zero-order chi connectivity index (χ0) is 27.3. The summed E-state index contributed by atoms with van der Waals surface area (Å²) >= 11 is 0. The number of carbonyl (C=O) groups is 1. The summed E-state index contributed by atoms with van der Waals surface area (Å²) in [4.78, 5) is 13.4. The third-order valence-corrected chi connectivity index (χ3v) is 9.15. The number of benzene rings is 3. The molecular weight excluding hydrogens is 500 g/mol. The summed E-state index contributed by atoms with van der Waals surface area (Å²) in [6, 6.07) is 24.4. The van der Waals surface area contributed by atoms with Crippen LogP contribution in [-0.2, 0) is 27.1 Å². The first-order valence-electron chi connectivity index (χ1n) is 14.9. The maximum atomic E-state index is 13.4. The van der Waals surface area contributed by atoms with E-state index in [4.69, 9.17) is 18.9 Å². The van der Waals surface area contributed by atoms with E-state index in [2.05, 4.69) is 30.3 Å². The van der Waals surface area contributed by atoms with Gasteiger partial charge in [0.05, 0.1) is 12.7 Å². The molecule has 1 saturated carbocycles. The van der Waals surface area contributed by atoms with Crippen molar-refractivity contribution in [3.8, 4) is 16.9 Å². The Hall–Kier alpha value is -3.15. The third-order valence-electron chi connectivity index (χ3n) is 9.15. The summed E-state index contributed by atoms with van der Waals surface area (Å²) in [6.45, 7) is 1.48. The van der Waals surface area contributed by atoms with Crippen LogP contribution < -0.4 is 4.74 Å². The van der Waals surface area contributed by atoms with Crippen LogP contribution >= 0.6 is 0 Å². The van der Waals surface area contributed by atoms with E-state index in [1.54, 1.807) is 7.11 Å². The van der Waals surface area contributed by atoms with Crippen molar-refractivity contribution in [2.75, 3.05) is 20.3 Å². The SMILES string of the molecule is COc1cccc2c1C[C@H]1C[C@@H](OC(=O)c3ccc(-c4ccccc4)cc3)[C@H](CCCOC3CCCCO3)[C@H]1C2. The molecule has 0 spiro atoms. The molecule has 5 heteroatoms. The standard InChI is InChI=1S/C35H40O5/c1-37-32-13-7-11-27-21-30-28(22-31(27)32)23-33(29(30)12-8-20-39-34-14-5-6-19-38-34)40-35(36)26-17-15-25(16-18-26)24-9-3-2-4-10-24/h2-4,7,9-11,13,15-18,28-30,33-34H,5-6,8,12,14,19-23H2,1H3/t28-,29+,30-,33+,34?/m0/s1. The Morgan fingerprint density at radius 1 is 0.925 bits per heavy atom. The van der Waals surface area contributed by atoms with Gasteiger partial charge in [0.25, 0.3) is 0 Å². The Morgan fingerprint density at radius 2 is 1.75 bits per heavy atom. The average molecular weight is 541 g/mol. The molecule has 40 heavy (non-hydrogen) atoms. The summed E-state index contributed by atoms with van der Waals surface area (Å²) in [6.07, 6.45) is 7.93. The van der Waals surface area contributed by atoms with Crippen molar-refractivity contribution in [1.82, 2.24) is 0 Å². The number of rotatable bonds is 9. The molecule has 5 nitrogen and oxygen atoms in total. The molecule has 6 rings (SSSR count). The Balaban J connectivity index is 1.15. The smallest absolute Gasteiger partial charge is 0.338 e. The second kappa shape index (κ2) is 12.6. The van der Waals surface area contributed by atoms with E-state index in [9.17, 15) is 4.79 Å². The quantitative estimate of drug-likeness (QED) is 0.211. The fourth-order valence-corrected chi connectivity index (χ4v) is 7.11. The van der Waals surface area contributed by atoms with Gasteiger partial charge in [-0.1, -0.05) is 54.6 Å². The molecule has 0 amide bonds. The van der Waals surface area contributed by atoms with Gasteiger partial charge in [0, 0.05) is 13.2 Å². The van der Waals surface area contributed by atoms with Gasteiger partial charge in [-0.15, -0.1) is 0 Å². The van der Waals surface area contributed by atoms with Gasteiger partial charge in [-0.05, 0) is 110 Å². The van der Waals surface area contributed by atoms with Crippen molar-refractivity contribution >= 4 is 5.97 Å². The van der Waals surface area contributed by atoms with E-state index < -0.39 is 0 Å². The van der Waals surface area contributed by atoms with E-state index in [1.165, 1.54) is 17.5 Å². The molecule has 5 atom stereocenters. The summed E-state index contributed by atoms with van der Waals surface area (Å²) in [5.41, 5.74) is 5.54. The Morgan fingerprint density at radius 3 is 2.52 bits per heavy atom. The van der Waals surface area contributed by atoms with Gasteiger partial charge in [0.2, 0.25) is 0 Å². The molecule has 0 bridgehead atoms.